The zero-order chi connectivity index (χ0) is 18.0. The van der Waals surface area contributed by atoms with E-state index in [2.05, 4.69) is 34.3 Å². The summed E-state index contributed by atoms with van der Waals surface area (Å²) in [6, 6.07) is 8.20. The van der Waals surface area contributed by atoms with Gasteiger partial charge in [0.05, 0.1) is 17.8 Å². The van der Waals surface area contributed by atoms with Crippen LogP contribution in [0.3, 0.4) is 0 Å². The minimum absolute atomic E-state index is 0.0553. The Balaban J connectivity index is 1.71. The summed E-state index contributed by atoms with van der Waals surface area (Å²) in [6.07, 6.45) is -0.0553. The van der Waals surface area contributed by atoms with Crippen LogP contribution in [0.25, 0.3) is 11.3 Å². The summed E-state index contributed by atoms with van der Waals surface area (Å²) in [5, 5.41) is 9.74. The molecule has 1 amide bonds. The third-order valence-corrected chi connectivity index (χ3v) is 4.62. The zero-order valence-electron chi connectivity index (χ0n) is 14.6. The number of aromatic nitrogens is 2. The second kappa shape index (κ2) is 7.33. The van der Waals surface area contributed by atoms with Gasteiger partial charge in [-0.15, -0.1) is 0 Å². The lowest BCUT2D eigenvalue weighted by atomic mass is 10.1. The Labute approximate surface area is 146 Å². The van der Waals surface area contributed by atoms with Crippen molar-refractivity contribution in [3.05, 3.63) is 41.8 Å². The quantitative estimate of drug-likeness (QED) is 0.869. The molecule has 134 valence electrons. The second-order valence-electron chi connectivity index (χ2n) is 6.55. The summed E-state index contributed by atoms with van der Waals surface area (Å²) < 4.78 is 19.4. The Hall–Kier alpha value is -2.25. The van der Waals surface area contributed by atoms with Crippen LogP contribution in [0, 0.1) is 5.82 Å². The number of carbonyl (C=O) groups is 1. The van der Waals surface area contributed by atoms with Gasteiger partial charge in [0.25, 0.3) is 5.91 Å². The van der Waals surface area contributed by atoms with E-state index < -0.39 is 0 Å². The molecule has 25 heavy (non-hydrogen) atoms. The number of ether oxygens (including phenoxy) is 1. The third kappa shape index (κ3) is 3.72. The molecule has 0 spiro atoms. The fourth-order valence-corrected chi connectivity index (χ4v) is 3.09. The molecule has 2 atom stereocenters. The number of hydrogen-bond donors (Lipinski definition) is 2. The molecule has 0 unspecified atom stereocenters. The van der Waals surface area contributed by atoms with Crippen molar-refractivity contribution < 1.29 is 13.9 Å². The van der Waals surface area contributed by atoms with Crippen LogP contribution in [0.1, 0.15) is 24.3 Å². The van der Waals surface area contributed by atoms with E-state index in [1.165, 1.54) is 6.07 Å². The van der Waals surface area contributed by atoms with Crippen LogP contribution in [0.4, 0.5) is 4.39 Å². The molecule has 1 saturated heterocycles. The minimum Gasteiger partial charge on any atom is -0.378 e. The van der Waals surface area contributed by atoms with E-state index in [4.69, 9.17) is 4.74 Å². The Bertz CT molecular complexity index is 746. The first-order chi connectivity index (χ1) is 12.0. The summed E-state index contributed by atoms with van der Waals surface area (Å²) in [5.74, 6) is -0.642. The number of carbonyl (C=O) groups excluding carboxylic acids is 1. The zero-order valence-corrected chi connectivity index (χ0v) is 14.6. The number of aromatic amines is 1. The van der Waals surface area contributed by atoms with Crippen LogP contribution in [0.2, 0.25) is 0 Å². The maximum Gasteiger partial charge on any atom is 0.269 e. The lowest BCUT2D eigenvalue weighted by Crippen LogP contribution is -2.43. The van der Waals surface area contributed by atoms with Gasteiger partial charge in [-0.2, -0.15) is 5.10 Å². The second-order valence-corrected chi connectivity index (χ2v) is 6.55. The first-order valence-corrected chi connectivity index (χ1v) is 8.37. The SMILES string of the molecule is CO[C@H]1CN(C(C)C)C[C@@H]1NC(=O)c1cc(-c2ccccc2F)n[nH]1. The highest BCUT2D eigenvalue weighted by Crippen LogP contribution is 2.21. The monoisotopic (exact) mass is 346 g/mol. The van der Waals surface area contributed by atoms with Gasteiger partial charge in [-0.25, -0.2) is 4.39 Å². The maximum absolute atomic E-state index is 13.9. The van der Waals surface area contributed by atoms with Crippen LogP contribution in [0.5, 0.6) is 0 Å². The van der Waals surface area contributed by atoms with E-state index in [1.807, 2.05) is 0 Å². The summed E-state index contributed by atoms with van der Waals surface area (Å²) in [5.41, 5.74) is 1.07. The fraction of sp³-hybridized carbons (Fsp3) is 0.444. The molecule has 3 rings (SSSR count). The van der Waals surface area contributed by atoms with E-state index in [0.29, 0.717) is 23.0 Å². The van der Waals surface area contributed by atoms with Gasteiger partial charge < -0.3 is 10.1 Å². The standard InChI is InChI=1S/C18H23FN4O2/c1-11(2)23-9-16(17(10-23)25-3)20-18(24)15-8-14(21-22-15)12-6-4-5-7-13(12)19/h4-8,11,16-17H,9-10H2,1-3H3,(H,20,24)(H,21,22)/t16-,17-/m0/s1. The van der Waals surface area contributed by atoms with Gasteiger partial charge in [0.15, 0.2) is 0 Å². The van der Waals surface area contributed by atoms with Crippen molar-refractivity contribution in [2.75, 3.05) is 20.2 Å². The number of H-pyrrole nitrogens is 1. The Kier molecular flexibility index (Phi) is 5.15. The normalized spacial score (nSPS) is 21.0. The predicted molar refractivity (Wildman–Crippen MR) is 92.7 cm³/mol. The van der Waals surface area contributed by atoms with Crippen LogP contribution in [-0.2, 0) is 4.74 Å². The van der Waals surface area contributed by atoms with Crippen molar-refractivity contribution in [3.63, 3.8) is 0 Å². The largest absolute Gasteiger partial charge is 0.378 e. The Morgan fingerprint density at radius 2 is 2.16 bits per heavy atom. The topological polar surface area (TPSA) is 70.2 Å². The average molecular weight is 346 g/mol. The van der Waals surface area contributed by atoms with Gasteiger partial charge in [-0.1, -0.05) is 12.1 Å². The average Bonchev–Trinajstić information content (AvgIpc) is 3.22. The highest BCUT2D eigenvalue weighted by molar-refractivity contribution is 5.93. The number of hydrogen-bond acceptors (Lipinski definition) is 4. The number of likely N-dealkylation sites (tertiary alicyclic amines) is 1. The number of methoxy groups -OCH3 is 1. The smallest absolute Gasteiger partial charge is 0.269 e. The lowest BCUT2D eigenvalue weighted by Gasteiger charge is -2.19. The number of rotatable bonds is 5. The molecule has 2 heterocycles. The summed E-state index contributed by atoms with van der Waals surface area (Å²) in [7, 11) is 1.65. The number of nitrogens with one attached hydrogen (secondary N) is 2. The number of amides is 1. The van der Waals surface area contributed by atoms with Gasteiger partial charge in [0.1, 0.15) is 11.5 Å². The van der Waals surface area contributed by atoms with Gasteiger partial charge in [-0.3, -0.25) is 14.8 Å². The molecule has 1 aliphatic heterocycles. The fourth-order valence-electron chi connectivity index (χ4n) is 3.09. The molecule has 2 aromatic rings. The molecule has 6 nitrogen and oxygen atoms in total. The molecule has 1 fully saturated rings. The van der Waals surface area contributed by atoms with Crippen molar-refractivity contribution in [1.29, 1.82) is 0 Å². The number of nitrogens with zero attached hydrogens (tertiary/aromatic N) is 2. The van der Waals surface area contributed by atoms with E-state index in [1.54, 1.807) is 31.4 Å². The first-order valence-electron chi connectivity index (χ1n) is 8.37. The van der Waals surface area contributed by atoms with Crippen molar-refractivity contribution in [1.82, 2.24) is 20.4 Å². The molecule has 0 aliphatic carbocycles. The summed E-state index contributed by atoms with van der Waals surface area (Å²) in [6.45, 7) is 5.75. The van der Waals surface area contributed by atoms with E-state index in [9.17, 15) is 9.18 Å². The van der Waals surface area contributed by atoms with Gasteiger partial charge >= 0.3 is 0 Å². The van der Waals surface area contributed by atoms with Crippen molar-refractivity contribution in [2.24, 2.45) is 0 Å². The van der Waals surface area contributed by atoms with Gasteiger partial charge in [0, 0.05) is 31.8 Å². The highest BCUT2D eigenvalue weighted by atomic mass is 19.1. The van der Waals surface area contributed by atoms with Crippen LogP contribution in [0.15, 0.2) is 30.3 Å². The Morgan fingerprint density at radius 3 is 2.84 bits per heavy atom. The Morgan fingerprint density at radius 1 is 1.40 bits per heavy atom. The molecule has 0 radical (unpaired) electrons. The third-order valence-electron chi connectivity index (χ3n) is 4.62. The predicted octanol–water partition coefficient (Wildman–Crippen LogP) is 2.05. The molecule has 0 saturated carbocycles. The van der Waals surface area contributed by atoms with E-state index in [0.717, 1.165) is 13.1 Å². The highest BCUT2D eigenvalue weighted by Gasteiger charge is 2.35. The molecular weight excluding hydrogens is 323 g/mol. The molecule has 1 aromatic heterocycles. The molecule has 1 aliphatic rings. The van der Waals surface area contributed by atoms with E-state index in [-0.39, 0.29) is 23.9 Å². The summed E-state index contributed by atoms with van der Waals surface area (Å²) >= 11 is 0. The van der Waals surface area contributed by atoms with Gasteiger partial charge in [0.2, 0.25) is 0 Å². The van der Waals surface area contributed by atoms with E-state index >= 15 is 0 Å². The maximum atomic E-state index is 13.9. The summed E-state index contributed by atoms with van der Waals surface area (Å²) in [4.78, 5) is 14.8. The van der Waals surface area contributed by atoms with Crippen molar-refractivity contribution in [3.8, 4) is 11.3 Å². The minimum atomic E-state index is -0.372. The molecular formula is C18H23FN4O2. The lowest BCUT2D eigenvalue weighted by molar-refractivity contribution is 0.0750. The van der Waals surface area contributed by atoms with Crippen molar-refractivity contribution >= 4 is 5.91 Å². The van der Waals surface area contributed by atoms with Crippen molar-refractivity contribution in [2.45, 2.75) is 32.0 Å². The molecule has 2 N–H and O–H groups in total. The van der Waals surface area contributed by atoms with Gasteiger partial charge in [-0.05, 0) is 32.0 Å². The molecule has 7 heteroatoms. The molecule has 1 aromatic carbocycles. The number of benzene rings is 1. The van der Waals surface area contributed by atoms with Crippen LogP contribution in [-0.4, -0.2) is 59.4 Å². The van der Waals surface area contributed by atoms with Crippen LogP contribution >= 0.6 is 0 Å². The first kappa shape index (κ1) is 17.6. The number of halogens is 1. The van der Waals surface area contributed by atoms with Crippen LogP contribution < -0.4 is 5.32 Å². The molecule has 0 bridgehead atoms.